The Morgan fingerprint density at radius 2 is 1.62 bits per heavy atom. The Morgan fingerprint density at radius 1 is 1.05 bits per heavy atom. The number of ether oxygens (including phenoxy) is 1. The molecule has 0 aromatic carbocycles. The van der Waals surface area contributed by atoms with Crippen LogP contribution >= 0.6 is 0 Å². The first kappa shape index (κ1) is 15.4. The van der Waals surface area contributed by atoms with Gasteiger partial charge in [0.2, 0.25) is 0 Å². The lowest BCUT2D eigenvalue weighted by molar-refractivity contribution is -0.139. The van der Waals surface area contributed by atoms with Gasteiger partial charge in [0.05, 0.1) is 13.0 Å². The molecule has 2 aliphatic heterocycles. The molecule has 2 fully saturated rings. The number of carbonyl (C=O) groups excluding carboxylic acids is 2. The zero-order chi connectivity index (χ0) is 15.4. The number of aliphatic carboxylic acids is 1. The van der Waals surface area contributed by atoms with Gasteiger partial charge in [0.1, 0.15) is 0 Å². The lowest BCUT2D eigenvalue weighted by atomic mass is 9.97. The van der Waals surface area contributed by atoms with Crippen LogP contribution < -0.4 is 0 Å². The molecule has 21 heavy (non-hydrogen) atoms. The van der Waals surface area contributed by atoms with Crippen LogP contribution in [0, 0.1) is 5.92 Å². The summed E-state index contributed by atoms with van der Waals surface area (Å²) in [6.07, 6.45) is -0.226. The molecule has 8 nitrogen and oxygen atoms in total. The van der Waals surface area contributed by atoms with Crippen LogP contribution in [0.3, 0.4) is 0 Å². The molecule has 2 heterocycles. The Kier molecular flexibility index (Phi) is 4.87. The van der Waals surface area contributed by atoms with Crippen LogP contribution in [-0.4, -0.2) is 83.8 Å². The fraction of sp³-hybridized carbons (Fsp3) is 0.769. The summed E-state index contributed by atoms with van der Waals surface area (Å²) in [4.78, 5) is 39.3. The second-order valence-electron chi connectivity index (χ2n) is 5.32. The van der Waals surface area contributed by atoms with E-state index in [1.807, 2.05) is 0 Å². The lowest BCUT2D eigenvalue weighted by Gasteiger charge is -2.43. The predicted molar refractivity (Wildman–Crippen MR) is 72.9 cm³/mol. The van der Waals surface area contributed by atoms with Gasteiger partial charge >= 0.3 is 18.1 Å². The van der Waals surface area contributed by atoms with E-state index in [0.29, 0.717) is 45.9 Å². The summed E-state index contributed by atoms with van der Waals surface area (Å²) in [5.41, 5.74) is 0. The van der Waals surface area contributed by atoms with Crippen molar-refractivity contribution in [3.8, 4) is 0 Å². The number of amides is 3. The summed E-state index contributed by atoms with van der Waals surface area (Å²) in [5.74, 6) is -0.762. The van der Waals surface area contributed by atoms with Crippen LogP contribution in [0.1, 0.15) is 13.3 Å². The van der Waals surface area contributed by atoms with E-state index >= 15 is 0 Å². The molecular formula is C13H21N3O5. The number of piperazine rings is 1. The molecule has 0 bridgehead atoms. The predicted octanol–water partition coefficient (Wildman–Crippen LogP) is 0.287. The minimum absolute atomic E-state index is 0.0623. The number of hydrogen-bond acceptors (Lipinski definition) is 4. The first-order valence-corrected chi connectivity index (χ1v) is 7.18. The molecule has 2 saturated heterocycles. The molecule has 118 valence electrons. The van der Waals surface area contributed by atoms with Gasteiger partial charge in [0.25, 0.3) is 0 Å². The monoisotopic (exact) mass is 299 g/mol. The molecule has 2 aliphatic rings. The fourth-order valence-corrected chi connectivity index (χ4v) is 2.60. The molecule has 0 atom stereocenters. The lowest BCUT2D eigenvalue weighted by Crippen LogP contribution is -2.59. The first-order chi connectivity index (χ1) is 10.0. The van der Waals surface area contributed by atoms with Crippen LogP contribution in [0.4, 0.5) is 9.59 Å². The van der Waals surface area contributed by atoms with Crippen molar-refractivity contribution in [2.24, 2.45) is 5.92 Å². The maximum absolute atomic E-state index is 12.2. The average molecular weight is 299 g/mol. The second kappa shape index (κ2) is 6.64. The topological polar surface area (TPSA) is 90.4 Å². The largest absolute Gasteiger partial charge is 0.481 e. The summed E-state index contributed by atoms with van der Waals surface area (Å²) < 4.78 is 4.93. The van der Waals surface area contributed by atoms with Gasteiger partial charge in [0, 0.05) is 45.2 Å². The van der Waals surface area contributed by atoms with E-state index in [2.05, 4.69) is 0 Å². The van der Waals surface area contributed by atoms with E-state index in [1.54, 1.807) is 21.6 Å². The minimum atomic E-state index is -0.824. The summed E-state index contributed by atoms with van der Waals surface area (Å²) in [6.45, 7) is 5.02. The van der Waals surface area contributed by atoms with Crippen molar-refractivity contribution >= 4 is 18.1 Å². The zero-order valence-electron chi connectivity index (χ0n) is 12.2. The van der Waals surface area contributed by atoms with Crippen LogP contribution in [0.2, 0.25) is 0 Å². The van der Waals surface area contributed by atoms with Crippen LogP contribution in [0.5, 0.6) is 0 Å². The summed E-state index contributed by atoms with van der Waals surface area (Å²) in [5, 5.41) is 8.68. The fourth-order valence-electron chi connectivity index (χ4n) is 2.60. The van der Waals surface area contributed by atoms with Gasteiger partial charge in [-0.3, -0.25) is 4.79 Å². The van der Waals surface area contributed by atoms with Gasteiger partial charge < -0.3 is 24.5 Å². The number of urea groups is 1. The van der Waals surface area contributed by atoms with Gasteiger partial charge in [-0.15, -0.1) is 0 Å². The maximum atomic E-state index is 12.2. The number of carbonyl (C=O) groups is 3. The van der Waals surface area contributed by atoms with Gasteiger partial charge in [-0.05, 0) is 6.92 Å². The third kappa shape index (κ3) is 3.77. The van der Waals surface area contributed by atoms with E-state index in [-0.39, 0.29) is 24.5 Å². The molecule has 0 aromatic heterocycles. The molecular weight excluding hydrogens is 278 g/mol. The van der Waals surface area contributed by atoms with E-state index in [4.69, 9.17) is 9.84 Å². The van der Waals surface area contributed by atoms with Gasteiger partial charge in [0.15, 0.2) is 0 Å². The number of likely N-dealkylation sites (tertiary alicyclic amines) is 1. The zero-order valence-corrected chi connectivity index (χ0v) is 12.2. The molecule has 0 aliphatic carbocycles. The van der Waals surface area contributed by atoms with Crippen molar-refractivity contribution in [2.45, 2.75) is 13.3 Å². The van der Waals surface area contributed by atoms with Crippen LogP contribution in [0.15, 0.2) is 0 Å². The normalized spacial score (nSPS) is 19.2. The highest BCUT2D eigenvalue weighted by atomic mass is 16.6. The van der Waals surface area contributed by atoms with Gasteiger partial charge in [-0.25, -0.2) is 9.59 Å². The Hall–Kier alpha value is -1.99. The molecule has 2 rings (SSSR count). The summed E-state index contributed by atoms with van der Waals surface area (Å²) in [6, 6.07) is -0.0693. The van der Waals surface area contributed by atoms with Crippen molar-refractivity contribution in [3.05, 3.63) is 0 Å². The minimum Gasteiger partial charge on any atom is -0.481 e. The Labute approximate surface area is 123 Å². The van der Waals surface area contributed by atoms with Gasteiger partial charge in [-0.2, -0.15) is 0 Å². The molecule has 0 unspecified atom stereocenters. The van der Waals surface area contributed by atoms with E-state index in [0.717, 1.165) is 0 Å². The molecule has 0 spiro atoms. The quantitative estimate of drug-likeness (QED) is 0.808. The van der Waals surface area contributed by atoms with Crippen LogP contribution in [-0.2, 0) is 9.53 Å². The number of carboxylic acid groups (broad SMARTS) is 1. The third-order valence-corrected chi connectivity index (χ3v) is 3.77. The van der Waals surface area contributed by atoms with Crippen LogP contribution in [0.25, 0.3) is 0 Å². The third-order valence-electron chi connectivity index (χ3n) is 3.77. The molecule has 3 amide bonds. The Morgan fingerprint density at radius 3 is 2.14 bits per heavy atom. The maximum Gasteiger partial charge on any atom is 0.409 e. The molecule has 0 saturated carbocycles. The van der Waals surface area contributed by atoms with Crippen molar-refractivity contribution in [2.75, 3.05) is 45.9 Å². The Bertz CT molecular complexity index is 414. The number of carboxylic acids is 1. The standard InChI is InChI=1S/C13H21N3O5/c1-2-21-13(20)15-5-3-14(4-6-15)12(19)16-8-10(9-16)7-11(17)18/h10H,2-9H2,1H3,(H,17,18). The molecule has 0 radical (unpaired) electrons. The smallest absolute Gasteiger partial charge is 0.409 e. The Balaban J connectivity index is 1.72. The average Bonchev–Trinajstić information content (AvgIpc) is 2.42. The highest BCUT2D eigenvalue weighted by Crippen LogP contribution is 2.21. The molecule has 1 N–H and O–H groups in total. The van der Waals surface area contributed by atoms with E-state index in [9.17, 15) is 14.4 Å². The molecule has 0 aromatic rings. The van der Waals surface area contributed by atoms with Crippen molar-refractivity contribution in [1.29, 1.82) is 0 Å². The molecule has 8 heteroatoms. The van der Waals surface area contributed by atoms with Gasteiger partial charge in [-0.1, -0.05) is 0 Å². The second-order valence-corrected chi connectivity index (χ2v) is 5.32. The number of rotatable bonds is 3. The van der Waals surface area contributed by atoms with E-state index < -0.39 is 5.97 Å². The van der Waals surface area contributed by atoms with Crippen molar-refractivity contribution in [3.63, 3.8) is 0 Å². The summed E-state index contributed by atoms with van der Waals surface area (Å²) in [7, 11) is 0. The number of hydrogen-bond donors (Lipinski definition) is 1. The number of nitrogens with zero attached hydrogens (tertiary/aromatic N) is 3. The van der Waals surface area contributed by atoms with Crippen molar-refractivity contribution < 1.29 is 24.2 Å². The SMILES string of the molecule is CCOC(=O)N1CCN(C(=O)N2CC(CC(=O)O)C2)CC1. The highest BCUT2D eigenvalue weighted by Gasteiger charge is 2.35. The van der Waals surface area contributed by atoms with E-state index in [1.165, 1.54) is 0 Å². The first-order valence-electron chi connectivity index (χ1n) is 7.18. The highest BCUT2D eigenvalue weighted by molar-refractivity contribution is 5.76. The van der Waals surface area contributed by atoms with Crippen molar-refractivity contribution in [1.82, 2.24) is 14.7 Å². The summed E-state index contributed by atoms with van der Waals surface area (Å²) >= 11 is 0.